The largest absolute Gasteiger partial charge is 0.396 e. The zero-order valence-electron chi connectivity index (χ0n) is 11.9. The summed E-state index contributed by atoms with van der Waals surface area (Å²) < 4.78 is 55.0. The maximum absolute atomic E-state index is 13.7. The molecule has 0 bridgehead atoms. The summed E-state index contributed by atoms with van der Waals surface area (Å²) >= 11 is 1.41. The quantitative estimate of drug-likeness (QED) is 0.762. The lowest BCUT2D eigenvalue weighted by molar-refractivity contribution is -0.204. The number of nitrogens with zero attached hydrogens (tertiary/aromatic N) is 4. The number of anilines is 2. The van der Waals surface area contributed by atoms with Gasteiger partial charge in [0.25, 0.3) is 0 Å². The predicted molar refractivity (Wildman–Crippen MR) is 76.4 cm³/mol. The molecule has 0 aliphatic rings. The Balaban J connectivity index is 2.14. The molecule has 0 radical (unpaired) electrons. The number of aryl methyl sites for hydroxylation is 2. The molecule has 8 nitrogen and oxygen atoms in total. The van der Waals surface area contributed by atoms with Crippen LogP contribution in [0.5, 0.6) is 0 Å². The summed E-state index contributed by atoms with van der Waals surface area (Å²) in [6.07, 6.45) is 0. The van der Waals surface area contributed by atoms with Gasteiger partial charge in [0.05, 0.1) is 0 Å². The fraction of sp³-hybridized carbons (Fsp3) is 0.400. The van der Waals surface area contributed by atoms with E-state index in [1.165, 1.54) is 24.5 Å². The Morgan fingerprint density at radius 3 is 1.38 bits per heavy atom. The third kappa shape index (κ3) is 3.48. The van der Waals surface area contributed by atoms with Gasteiger partial charge in [0.2, 0.25) is 10.3 Å². The fourth-order valence-corrected chi connectivity index (χ4v) is 2.50. The summed E-state index contributed by atoms with van der Waals surface area (Å²) in [4.78, 5) is 22.9. The summed E-state index contributed by atoms with van der Waals surface area (Å²) in [5.74, 6) is -15.4. The van der Waals surface area contributed by atoms with Crippen LogP contribution in [0.3, 0.4) is 0 Å². The van der Waals surface area contributed by atoms with Crippen molar-refractivity contribution < 1.29 is 27.2 Å². The van der Waals surface area contributed by atoms with E-state index in [-0.39, 0.29) is 0 Å². The molecule has 130 valence electrons. The van der Waals surface area contributed by atoms with Gasteiger partial charge in [0, 0.05) is 0 Å². The van der Waals surface area contributed by atoms with E-state index >= 15 is 0 Å². The van der Waals surface area contributed by atoms with Gasteiger partial charge < -0.3 is 0 Å². The Bertz CT molecular complexity index is 713. The molecule has 0 aliphatic heterocycles. The molecule has 0 aromatic carbocycles. The maximum Gasteiger partial charge on any atom is 0.396 e. The highest BCUT2D eigenvalue weighted by atomic mass is 32.1. The van der Waals surface area contributed by atoms with Crippen molar-refractivity contribution in [1.29, 1.82) is 0 Å². The van der Waals surface area contributed by atoms with Crippen LogP contribution in [0, 0.1) is 13.8 Å². The lowest BCUT2D eigenvalue weighted by Gasteiger charge is -2.23. The summed E-state index contributed by atoms with van der Waals surface area (Å²) in [6.45, 7) is 2.94. The van der Waals surface area contributed by atoms with Crippen molar-refractivity contribution in [2.45, 2.75) is 25.7 Å². The molecule has 0 fully saturated rings. The second kappa shape index (κ2) is 6.35. The first-order chi connectivity index (χ1) is 11.0. The molecular formula is C10H8F4N6O2S2. The van der Waals surface area contributed by atoms with Crippen molar-refractivity contribution >= 4 is 44.8 Å². The van der Waals surface area contributed by atoms with Gasteiger partial charge in [-0.3, -0.25) is 20.2 Å². The number of hydrogen-bond acceptors (Lipinski definition) is 8. The molecule has 2 N–H and O–H groups in total. The monoisotopic (exact) mass is 384 g/mol. The first kappa shape index (κ1) is 18.1. The van der Waals surface area contributed by atoms with E-state index in [1.54, 1.807) is 0 Å². The number of alkyl halides is 4. The molecule has 14 heteroatoms. The van der Waals surface area contributed by atoms with Gasteiger partial charge in [-0.1, -0.05) is 22.7 Å². The van der Waals surface area contributed by atoms with Gasteiger partial charge in [-0.2, -0.15) is 17.6 Å². The van der Waals surface area contributed by atoms with Crippen molar-refractivity contribution in [1.82, 2.24) is 20.4 Å². The normalized spacial score (nSPS) is 12.1. The minimum Gasteiger partial charge on any atom is -0.295 e. The summed E-state index contributed by atoms with van der Waals surface area (Å²) in [5, 5.41) is 16.3. The Morgan fingerprint density at radius 1 is 0.792 bits per heavy atom. The molecule has 2 amide bonds. The SMILES string of the molecule is Cc1nnc(NC(=O)C(F)(F)C(F)(F)C(=O)Nc2nnc(C)s2)s1. The average molecular weight is 384 g/mol. The number of rotatable bonds is 5. The number of carbonyl (C=O) groups is 2. The van der Waals surface area contributed by atoms with Crippen LogP contribution < -0.4 is 10.6 Å². The van der Waals surface area contributed by atoms with Crippen molar-refractivity contribution in [2.75, 3.05) is 10.6 Å². The number of amides is 2. The van der Waals surface area contributed by atoms with E-state index in [2.05, 4.69) is 20.4 Å². The van der Waals surface area contributed by atoms with E-state index in [9.17, 15) is 27.2 Å². The minimum absolute atomic E-state index is 0.324. The fourth-order valence-electron chi connectivity index (χ4n) is 1.33. The third-order valence-corrected chi connectivity index (χ3v) is 3.97. The van der Waals surface area contributed by atoms with Crippen LogP contribution in [-0.2, 0) is 9.59 Å². The van der Waals surface area contributed by atoms with E-state index in [0.29, 0.717) is 32.7 Å². The molecule has 2 heterocycles. The van der Waals surface area contributed by atoms with Gasteiger partial charge in [0.1, 0.15) is 10.0 Å². The molecule has 24 heavy (non-hydrogen) atoms. The highest BCUT2D eigenvalue weighted by Gasteiger charge is 2.67. The average Bonchev–Trinajstić information content (AvgIpc) is 3.07. The zero-order chi connectivity index (χ0) is 18.1. The topological polar surface area (TPSA) is 110 Å². The molecule has 0 saturated carbocycles. The van der Waals surface area contributed by atoms with Gasteiger partial charge in [-0.15, -0.1) is 20.4 Å². The Kier molecular flexibility index (Phi) is 4.80. The van der Waals surface area contributed by atoms with Crippen LogP contribution in [0.15, 0.2) is 0 Å². The number of halogens is 4. The maximum atomic E-state index is 13.7. The number of nitrogens with one attached hydrogen (secondary N) is 2. The van der Waals surface area contributed by atoms with Gasteiger partial charge in [0.15, 0.2) is 0 Å². The second-order valence-corrected chi connectivity index (χ2v) is 6.67. The molecule has 0 atom stereocenters. The Hall–Kier alpha value is -2.22. The van der Waals surface area contributed by atoms with E-state index < -0.39 is 33.9 Å². The standard InChI is InChI=1S/C10H8F4N6O2S2/c1-3-17-19-7(23-3)15-5(21)9(11,12)10(13,14)6(22)16-8-20-18-4(2)24-8/h1-2H3,(H,15,19,21)(H,16,20,22). The van der Waals surface area contributed by atoms with Crippen LogP contribution in [-0.4, -0.2) is 44.1 Å². The lowest BCUT2D eigenvalue weighted by Crippen LogP contribution is -2.56. The molecule has 0 aliphatic carbocycles. The number of aromatic nitrogens is 4. The zero-order valence-corrected chi connectivity index (χ0v) is 13.6. The van der Waals surface area contributed by atoms with Crippen molar-refractivity contribution in [3.63, 3.8) is 0 Å². The summed E-state index contributed by atoms with van der Waals surface area (Å²) in [6, 6.07) is 0. The van der Waals surface area contributed by atoms with Crippen molar-refractivity contribution in [3.8, 4) is 0 Å². The van der Waals surface area contributed by atoms with Crippen molar-refractivity contribution in [3.05, 3.63) is 10.0 Å². The van der Waals surface area contributed by atoms with Gasteiger partial charge in [-0.05, 0) is 13.8 Å². The Labute approximate surface area is 139 Å². The van der Waals surface area contributed by atoms with Crippen molar-refractivity contribution in [2.24, 2.45) is 0 Å². The first-order valence-electron chi connectivity index (χ1n) is 6.03. The summed E-state index contributed by atoms with van der Waals surface area (Å²) in [7, 11) is 0. The Morgan fingerprint density at radius 2 is 1.12 bits per heavy atom. The predicted octanol–water partition coefficient (Wildman–Crippen LogP) is 1.85. The molecule has 0 spiro atoms. The van der Waals surface area contributed by atoms with Gasteiger partial charge >= 0.3 is 23.7 Å². The third-order valence-electron chi connectivity index (χ3n) is 2.46. The van der Waals surface area contributed by atoms with Crippen LogP contribution in [0.25, 0.3) is 0 Å². The van der Waals surface area contributed by atoms with Gasteiger partial charge in [-0.25, -0.2) is 0 Å². The number of hydrogen-bond donors (Lipinski definition) is 2. The number of carbonyl (C=O) groups excluding carboxylic acids is 2. The van der Waals surface area contributed by atoms with Crippen LogP contribution in [0.2, 0.25) is 0 Å². The van der Waals surface area contributed by atoms with Crippen LogP contribution >= 0.6 is 22.7 Å². The highest BCUT2D eigenvalue weighted by molar-refractivity contribution is 7.15. The molecule has 0 unspecified atom stereocenters. The van der Waals surface area contributed by atoms with E-state index in [0.717, 1.165) is 0 Å². The smallest absolute Gasteiger partial charge is 0.295 e. The molecule has 2 aromatic rings. The molecule has 0 saturated heterocycles. The minimum atomic E-state index is -5.32. The first-order valence-corrected chi connectivity index (χ1v) is 7.66. The molecule has 2 aromatic heterocycles. The van der Waals surface area contributed by atoms with E-state index in [4.69, 9.17) is 0 Å². The lowest BCUT2D eigenvalue weighted by atomic mass is 10.1. The van der Waals surface area contributed by atoms with E-state index in [1.807, 2.05) is 0 Å². The molecular weight excluding hydrogens is 376 g/mol. The second-order valence-electron chi connectivity index (χ2n) is 4.31. The highest BCUT2D eigenvalue weighted by Crippen LogP contribution is 2.36. The summed E-state index contributed by atoms with van der Waals surface area (Å²) in [5.41, 5.74) is 0. The van der Waals surface area contributed by atoms with Crippen LogP contribution in [0.1, 0.15) is 10.0 Å². The molecule has 2 rings (SSSR count). The van der Waals surface area contributed by atoms with Crippen LogP contribution in [0.4, 0.5) is 27.8 Å².